The van der Waals surface area contributed by atoms with E-state index in [1.165, 1.54) is 7.05 Å². The van der Waals surface area contributed by atoms with Gasteiger partial charge in [-0.2, -0.15) is 8.78 Å². The first-order valence-corrected chi connectivity index (χ1v) is 5.05. The van der Waals surface area contributed by atoms with Gasteiger partial charge in [-0.05, 0) is 6.07 Å². The van der Waals surface area contributed by atoms with Crippen molar-refractivity contribution < 1.29 is 26.7 Å². The molecule has 4 nitrogen and oxygen atoms in total. The third-order valence-corrected chi connectivity index (χ3v) is 2.14. The summed E-state index contributed by atoms with van der Waals surface area (Å²) in [4.78, 5) is 15.0. The van der Waals surface area contributed by atoms with Crippen molar-refractivity contribution in [1.82, 2.24) is 10.3 Å². The van der Waals surface area contributed by atoms with E-state index in [4.69, 9.17) is 0 Å². The largest absolute Gasteiger partial charge is 0.372 e. The van der Waals surface area contributed by atoms with Crippen LogP contribution >= 0.6 is 0 Å². The summed E-state index contributed by atoms with van der Waals surface area (Å²) in [6.45, 7) is -1.55. The van der Waals surface area contributed by atoms with Gasteiger partial charge in [-0.25, -0.2) is 18.2 Å². The molecule has 2 N–H and O–H groups in total. The highest BCUT2D eigenvalue weighted by atomic mass is 19.3. The van der Waals surface area contributed by atoms with E-state index in [0.29, 0.717) is 0 Å². The van der Waals surface area contributed by atoms with Crippen molar-refractivity contribution in [3.05, 3.63) is 23.6 Å². The Labute approximate surface area is 105 Å². The summed E-state index contributed by atoms with van der Waals surface area (Å²) in [6.07, 6.45) is -3.08. The number of nitrogens with one attached hydrogen (secondary N) is 2. The van der Waals surface area contributed by atoms with Crippen molar-refractivity contribution in [1.29, 1.82) is 0 Å². The van der Waals surface area contributed by atoms with Gasteiger partial charge in [0.1, 0.15) is 11.6 Å². The van der Waals surface area contributed by atoms with Crippen molar-refractivity contribution >= 4 is 11.7 Å². The molecular formula is C10H10F5N3O. The van der Waals surface area contributed by atoms with Crippen LogP contribution in [0.15, 0.2) is 12.3 Å². The highest BCUT2D eigenvalue weighted by molar-refractivity contribution is 5.98. The van der Waals surface area contributed by atoms with Gasteiger partial charge in [0.25, 0.3) is 5.91 Å². The first-order valence-electron chi connectivity index (χ1n) is 5.05. The fraction of sp³-hybridized carbons (Fsp3) is 0.400. The molecule has 1 rings (SSSR count). The first-order chi connectivity index (χ1) is 8.77. The van der Waals surface area contributed by atoms with E-state index in [1.807, 2.05) is 0 Å². The number of carbonyl (C=O) groups excluding carboxylic acids is 1. The lowest BCUT2D eigenvalue weighted by Crippen LogP contribution is -2.41. The van der Waals surface area contributed by atoms with E-state index < -0.39 is 30.6 Å². The van der Waals surface area contributed by atoms with Gasteiger partial charge in [0, 0.05) is 7.05 Å². The first kappa shape index (κ1) is 15.1. The van der Waals surface area contributed by atoms with Crippen LogP contribution in [0.1, 0.15) is 10.4 Å². The molecule has 0 aliphatic rings. The van der Waals surface area contributed by atoms with Gasteiger partial charge in [0.2, 0.25) is 0 Å². The van der Waals surface area contributed by atoms with Crippen LogP contribution in [0.2, 0.25) is 0 Å². The molecule has 0 unspecified atom stereocenters. The number of halogens is 5. The molecule has 0 aromatic carbocycles. The molecular weight excluding hydrogens is 273 g/mol. The van der Waals surface area contributed by atoms with E-state index in [2.05, 4.69) is 10.3 Å². The third-order valence-electron chi connectivity index (χ3n) is 2.14. The lowest BCUT2D eigenvalue weighted by atomic mass is 10.2. The molecule has 0 spiro atoms. The zero-order valence-corrected chi connectivity index (χ0v) is 9.68. The normalized spacial score (nSPS) is 11.5. The molecule has 1 aromatic rings. The lowest BCUT2D eigenvalue weighted by molar-refractivity contribution is -0.123. The van der Waals surface area contributed by atoms with Gasteiger partial charge in [-0.3, -0.25) is 4.79 Å². The minimum Gasteiger partial charge on any atom is -0.372 e. The summed E-state index contributed by atoms with van der Waals surface area (Å²) in [7, 11) is 1.38. The van der Waals surface area contributed by atoms with Crippen molar-refractivity contribution in [2.45, 2.75) is 12.3 Å². The highest BCUT2D eigenvalue weighted by Crippen LogP contribution is 2.22. The Balaban J connectivity index is 2.82. The molecule has 0 aliphatic heterocycles. The molecule has 9 heteroatoms. The van der Waals surface area contributed by atoms with Gasteiger partial charge >= 0.3 is 12.3 Å². The molecule has 0 saturated carbocycles. The average molecular weight is 283 g/mol. The third kappa shape index (κ3) is 3.76. The quantitative estimate of drug-likeness (QED) is 0.811. The second kappa shape index (κ2) is 5.81. The maximum atomic E-state index is 12.9. The summed E-state index contributed by atoms with van der Waals surface area (Å²) in [5.74, 6) is -6.39. The smallest absolute Gasteiger partial charge is 0.324 e. The molecule has 1 aromatic heterocycles. The van der Waals surface area contributed by atoms with Gasteiger partial charge in [-0.15, -0.1) is 0 Å². The van der Waals surface area contributed by atoms with Crippen LogP contribution in [0.3, 0.4) is 0 Å². The molecule has 0 radical (unpaired) electrons. The van der Waals surface area contributed by atoms with Crippen LogP contribution in [-0.2, 0) is 0 Å². The predicted octanol–water partition coefficient (Wildman–Crippen LogP) is 1.89. The van der Waals surface area contributed by atoms with Gasteiger partial charge < -0.3 is 10.6 Å². The van der Waals surface area contributed by atoms with Crippen LogP contribution in [-0.4, -0.2) is 36.8 Å². The molecule has 0 saturated heterocycles. The Morgan fingerprint density at radius 3 is 2.63 bits per heavy atom. The van der Waals surface area contributed by atoms with Crippen molar-refractivity contribution in [2.24, 2.45) is 0 Å². The Morgan fingerprint density at radius 1 is 1.47 bits per heavy atom. The summed E-state index contributed by atoms with van der Waals surface area (Å²) in [5.41, 5.74) is -0.354. The van der Waals surface area contributed by atoms with Gasteiger partial charge in [0.05, 0.1) is 18.3 Å². The van der Waals surface area contributed by atoms with Crippen LogP contribution in [0, 0.1) is 5.82 Å². The Morgan fingerprint density at radius 2 is 2.11 bits per heavy atom. The summed E-state index contributed by atoms with van der Waals surface area (Å²) < 4.78 is 61.9. The molecule has 0 bridgehead atoms. The maximum absolute atomic E-state index is 12.9. The van der Waals surface area contributed by atoms with Crippen molar-refractivity contribution in [3.63, 3.8) is 0 Å². The Bertz CT molecular complexity index is 466. The lowest BCUT2D eigenvalue weighted by Gasteiger charge is -2.16. The fourth-order valence-electron chi connectivity index (χ4n) is 1.18. The molecule has 106 valence electrons. The molecule has 0 fully saturated rings. The van der Waals surface area contributed by atoms with Gasteiger partial charge in [0.15, 0.2) is 0 Å². The van der Waals surface area contributed by atoms with Crippen molar-refractivity contribution in [2.75, 3.05) is 18.9 Å². The summed E-state index contributed by atoms with van der Waals surface area (Å²) in [5, 5.41) is 4.06. The number of alkyl halides is 4. The van der Waals surface area contributed by atoms with Crippen LogP contribution in [0.4, 0.5) is 27.8 Å². The van der Waals surface area contributed by atoms with E-state index >= 15 is 0 Å². The topological polar surface area (TPSA) is 54.0 Å². The highest BCUT2D eigenvalue weighted by Gasteiger charge is 2.41. The summed E-state index contributed by atoms with van der Waals surface area (Å²) in [6, 6.07) is 0.759. The van der Waals surface area contributed by atoms with E-state index in [9.17, 15) is 26.7 Å². The van der Waals surface area contributed by atoms with Crippen LogP contribution in [0.5, 0.6) is 0 Å². The second-order valence-corrected chi connectivity index (χ2v) is 3.54. The molecule has 19 heavy (non-hydrogen) atoms. The number of pyridine rings is 1. The molecule has 0 atom stereocenters. The Hall–Kier alpha value is -1.93. The number of nitrogens with zero attached hydrogens (tertiary/aromatic N) is 1. The number of anilines is 1. The van der Waals surface area contributed by atoms with Crippen LogP contribution in [0.25, 0.3) is 0 Å². The van der Waals surface area contributed by atoms with E-state index in [0.717, 1.165) is 12.3 Å². The molecule has 0 aliphatic carbocycles. The number of amides is 1. The SMILES string of the molecule is CNc1ncc(F)cc1C(=O)NCC(F)(F)C(F)F. The van der Waals surface area contributed by atoms with Gasteiger partial charge in [-0.1, -0.05) is 0 Å². The minimum absolute atomic E-state index is 0.0562. The number of hydrogen-bond acceptors (Lipinski definition) is 3. The van der Waals surface area contributed by atoms with E-state index in [1.54, 1.807) is 5.32 Å². The minimum atomic E-state index is -4.35. The fourth-order valence-corrected chi connectivity index (χ4v) is 1.18. The number of carbonyl (C=O) groups is 1. The Kier molecular flexibility index (Phi) is 4.62. The standard InChI is InChI=1S/C10H10F5N3O/c1-16-7-6(2-5(11)3-17-7)8(19)18-4-10(14,15)9(12)13/h2-3,9H,4H2,1H3,(H,16,17)(H,18,19). The van der Waals surface area contributed by atoms with Crippen LogP contribution < -0.4 is 10.6 Å². The predicted molar refractivity (Wildman–Crippen MR) is 57.0 cm³/mol. The number of aromatic nitrogens is 1. The zero-order valence-electron chi connectivity index (χ0n) is 9.68. The summed E-state index contributed by atoms with van der Waals surface area (Å²) >= 11 is 0. The maximum Gasteiger partial charge on any atom is 0.324 e. The second-order valence-electron chi connectivity index (χ2n) is 3.54. The van der Waals surface area contributed by atoms with Crippen molar-refractivity contribution in [3.8, 4) is 0 Å². The monoisotopic (exact) mass is 283 g/mol. The molecule has 1 amide bonds. The average Bonchev–Trinajstić information content (AvgIpc) is 2.35. The molecule has 1 heterocycles. The van der Waals surface area contributed by atoms with E-state index in [-0.39, 0.29) is 11.4 Å². The zero-order chi connectivity index (χ0) is 14.6. The number of hydrogen-bond donors (Lipinski definition) is 2. The number of rotatable bonds is 5.